The van der Waals surface area contributed by atoms with Crippen LogP contribution in [0.25, 0.3) is 0 Å². The van der Waals surface area contributed by atoms with E-state index in [-0.39, 0.29) is 12.5 Å². The second kappa shape index (κ2) is 8.49. The SMILES string of the molecule is Cc1cccc(C(=O)OCC(=O)Nc2ccc(N3CCOCC3)cc2)c1. The van der Waals surface area contributed by atoms with E-state index in [1.807, 2.05) is 37.3 Å². The predicted octanol–water partition coefficient (Wildman–Crippen LogP) is 2.63. The lowest BCUT2D eigenvalue weighted by Gasteiger charge is -2.28. The van der Waals surface area contributed by atoms with Crippen LogP contribution < -0.4 is 10.2 Å². The molecule has 1 aliphatic heterocycles. The summed E-state index contributed by atoms with van der Waals surface area (Å²) in [7, 11) is 0. The lowest BCUT2D eigenvalue weighted by molar-refractivity contribution is -0.119. The largest absolute Gasteiger partial charge is 0.452 e. The summed E-state index contributed by atoms with van der Waals surface area (Å²) >= 11 is 0. The maximum atomic E-state index is 12.0. The number of aryl methyl sites for hydroxylation is 1. The third-order valence-corrected chi connectivity index (χ3v) is 4.12. The number of carbonyl (C=O) groups excluding carboxylic acids is 2. The second-order valence-electron chi connectivity index (χ2n) is 6.14. The topological polar surface area (TPSA) is 67.9 Å². The molecular weight excluding hydrogens is 332 g/mol. The van der Waals surface area contributed by atoms with Gasteiger partial charge in [0.05, 0.1) is 18.8 Å². The van der Waals surface area contributed by atoms with Gasteiger partial charge in [-0.05, 0) is 43.3 Å². The Labute approximate surface area is 152 Å². The van der Waals surface area contributed by atoms with Crippen LogP contribution >= 0.6 is 0 Å². The Balaban J connectivity index is 1.49. The number of nitrogens with zero attached hydrogens (tertiary/aromatic N) is 1. The Kier molecular flexibility index (Phi) is 5.86. The Morgan fingerprint density at radius 1 is 1.12 bits per heavy atom. The molecule has 6 heteroatoms. The standard InChI is InChI=1S/C20H22N2O4/c1-15-3-2-4-16(13-15)20(24)26-14-19(23)21-17-5-7-18(8-6-17)22-9-11-25-12-10-22/h2-8,13H,9-12,14H2,1H3,(H,21,23). The van der Waals surface area contributed by atoms with Crippen molar-refractivity contribution >= 4 is 23.3 Å². The summed E-state index contributed by atoms with van der Waals surface area (Å²) in [6.45, 7) is 4.75. The summed E-state index contributed by atoms with van der Waals surface area (Å²) in [4.78, 5) is 26.2. The molecular formula is C20H22N2O4. The highest BCUT2D eigenvalue weighted by molar-refractivity contribution is 5.95. The number of hydrogen-bond donors (Lipinski definition) is 1. The zero-order valence-electron chi connectivity index (χ0n) is 14.7. The number of carbonyl (C=O) groups is 2. The Bertz CT molecular complexity index is 768. The average molecular weight is 354 g/mol. The van der Waals surface area contributed by atoms with Gasteiger partial charge in [-0.25, -0.2) is 4.79 Å². The lowest BCUT2D eigenvalue weighted by Crippen LogP contribution is -2.36. The summed E-state index contributed by atoms with van der Waals surface area (Å²) in [5, 5.41) is 2.73. The molecule has 26 heavy (non-hydrogen) atoms. The minimum Gasteiger partial charge on any atom is -0.452 e. The molecule has 3 rings (SSSR count). The molecule has 6 nitrogen and oxygen atoms in total. The smallest absolute Gasteiger partial charge is 0.338 e. The number of morpholine rings is 1. The van der Waals surface area contributed by atoms with E-state index >= 15 is 0 Å². The van der Waals surface area contributed by atoms with Gasteiger partial charge in [0.15, 0.2) is 6.61 Å². The van der Waals surface area contributed by atoms with Crippen LogP contribution in [0.1, 0.15) is 15.9 Å². The van der Waals surface area contributed by atoms with Crippen LogP contribution in [-0.2, 0) is 14.3 Å². The minimum atomic E-state index is -0.508. The molecule has 0 spiro atoms. The Hall–Kier alpha value is -2.86. The fourth-order valence-electron chi connectivity index (χ4n) is 2.76. The van der Waals surface area contributed by atoms with Crippen LogP contribution in [-0.4, -0.2) is 44.8 Å². The molecule has 1 amide bonds. The first-order valence-corrected chi connectivity index (χ1v) is 8.58. The van der Waals surface area contributed by atoms with E-state index in [2.05, 4.69) is 10.2 Å². The van der Waals surface area contributed by atoms with Crippen LogP contribution in [0.3, 0.4) is 0 Å². The first-order valence-electron chi connectivity index (χ1n) is 8.58. The molecule has 0 aromatic heterocycles. The van der Waals surface area contributed by atoms with E-state index < -0.39 is 5.97 Å². The highest BCUT2D eigenvalue weighted by Crippen LogP contribution is 2.19. The van der Waals surface area contributed by atoms with E-state index in [9.17, 15) is 9.59 Å². The van der Waals surface area contributed by atoms with Crippen molar-refractivity contribution < 1.29 is 19.1 Å². The molecule has 0 aliphatic carbocycles. The fraction of sp³-hybridized carbons (Fsp3) is 0.300. The number of anilines is 2. The summed E-state index contributed by atoms with van der Waals surface area (Å²) < 4.78 is 10.4. The van der Waals surface area contributed by atoms with Gasteiger partial charge in [-0.1, -0.05) is 17.7 Å². The van der Waals surface area contributed by atoms with Crippen molar-refractivity contribution in [1.82, 2.24) is 0 Å². The van der Waals surface area contributed by atoms with Gasteiger partial charge in [0.25, 0.3) is 5.91 Å². The predicted molar refractivity (Wildman–Crippen MR) is 99.6 cm³/mol. The number of ether oxygens (including phenoxy) is 2. The van der Waals surface area contributed by atoms with Gasteiger partial charge in [-0.2, -0.15) is 0 Å². The van der Waals surface area contributed by atoms with E-state index in [1.54, 1.807) is 18.2 Å². The van der Waals surface area contributed by atoms with E-state index in [0.29, 0.717) is 11.3 Å². The molecule has 1 heterocycles. The quantitative estimate of drug-likeness (QED) is 0.836. The molecule has 0 unspecified atom stereocenters. The molecule has 0 bridgehead atoms. The van der Waals surface area contributed by atoms with Crippen molar-refractivity contribution in [3.05, 3.63) is 59.7 Å². The fourth-order valence-corrected chi connectivity index (χ4v) is 2.76. The van der Waals surface area contributed by atoms with Crippen LogP contribution in [0.4, 0.5) is 11.4 Å². The zero-order valence-corrected chi connectivity index (χ0v) is 14.7. The van der Waals surface area contributed by atoms with E-state index in [4.69, 9.17) is 9.47 Å². The number of nitrogens with one attached hydrogen (secondary N) is 1. The summed E-state index contributed by atoms with van der Waals surface area (Å²) in [6, 6.07) is 14.7. The lowest BCUT2D eigenvalue weighted by atomic mass is 10.1. The number of amides is 1. The number of esters is 1. The minimum absolute atomic E-state index is 0.321. The summed E-state index contributed by atoms with van der Waals surface area (Å²) in [5.74, 6) is -0.878. The van der Waals surface area contributed by atoms with Crippen LogP contribution in [0.15, 0.2) is 48.5 Å². The number of rotatable bonds is 5. The van der Waals surface area contributed by atoms with E-state index in [1.165, 1.54) is 0 Å². The molecule has 2 aromatic rings. The molecule has 0 saturated carbocycles. The van der Waals surface area contributed by atoms with Gasteiger partial charge in [-0.3, -0.25) is 4.79 Å². The first kappa shape index (κ1) is 17.9. The van der Waals surface area contributed by atoms with Crippen LogP contribution in [0.5, 0.6) is 0 Å². The van der Waals surface area contributed by atoms with Crippen LogP contribution in [0.2, 0.25) is 0 Å². The van der Waals surface area contributed by atoms with Gasteiger partial charge in [0.2, 0.25) is 0 Å². The van der Waals surface area contributed by atoms with Gasteiger partial charge in [0, 0.05) is 24.5 Å². The molecule has 0 radical (unpaired) electrons. The molecule has 0 atom stereocenters. The first-order chi connectivity index (χ1) is 12.6. The molecule has 1 N–H and O–H groups in total. The normalized spacial score (nSPS) is 14.0. The van der Waals surface area contributed by atoms with Crippen molar-refractivity contribution in [2.75, 3.05) is 43.1 Å². The number of benzene rings is 2. The van der Waals surface area contributed by atoms with Crippen molar-refractivity contribution in [3.8, 4) is 0 Å². The van der Waals surface area contributed by atoms with Gasteiger partial charge >= 0.3 is 5.97 Å². The summed E-state index contributed by atoms with van der Waals surface area (Å²) in [5.41, 5.74) is 3.16. The number of hydrogen-bond acceptors (Lipinski definition) is 5. The van der Waals surface area contributed by atoms with Gasteiger partial charge in [0.1, 0.15) is 0 Å². The third-order valence-electron chi connectivity index (χ3n) is 4.12. The molecule has 2 aromatic carbocycles. The Morgan fingerprint density at radius 2 is 1.85 bits per heavy atom. The van der Waals surface area contributed by atoms with Crippen molar-refractivity contribution in [3.63, 3.8) is 0 Å². The highest BCUT2D eigenvalue weighted by Gasteiger charge is 2.12. The third kappa shape index (κ3) is 4.83. The summed E-state index contributed by atoms with van der Waals surface area (Å²) in [6.07, 6.45) is 0. The zero-order chi connectivity index (χ0) is 18.4. The van der Waals surface area contributed by atoms with Crippen molar-refractivity contribution in [1.29, 1.82) is 0 Å². The monoisotopic (exact) mass is 354 g/mol. The Morgan fingerprint density at radius 3 is 2.54 bits per heavy atom. The van der Waals surface area contributed by atoms with Crippen molar-refractivity contribution in [2.24, 2.45) is 0 Å². The average Bonchev–Trinajstić information content (AvgIpc) is 2.67. The molecule has 1 fully saturated rings. The highest BCUT2D eigenvalue weighted by atomic mass is 16.5. The molecule has 136 valence electrons. The van der Waals surface area contributed by atoms with E-state index in [0.717, 1.165) is 37.6 Å². The molecule has 1 saturated heterocycles. The maximum Gasteiger partial charge on any atom is 0.338 e. The second-order valence-corrected chi connectivity index (χ2v) is 6.14. The van der Waals surface area contributed by atoms with Crippen LogP contribution in [0, 0.1) is 6.92 Å². The van der Waals surface area contributed by atoms with Gasteiger partial charge < -0.3 is 19.7 Å². The maximum absolute atomic E-state index is 12.0. The van der Waals surface area contributed by atoms with Crippen molar-refractivity contribution in [2.45, 2.75) is 6.92 Å². The molecule has 1 aliphatic rings. The van der Waals surface area contributed by atoms with Gasteiger partial charge in [-0.15, -0.1) is 0 Å².